The largest absolute Gasteiger partial charge is 0.480 e. The highest BCUT2D eigenvalue weighted by Gasteiger charge is 2.64. The molecule has 2 aliphatic rings. The standard InChI is InChI=1S/C15H18N2O5S2/c1-8-4-6-9(7-5-8)24(21,22)16-10-12(18)17-11(14(19)20)15(2,3)23-13(10)17/h4-7,10-11,13,16H,1-3H3,(H,19,20). The number of aliphatic carboxylic acids is 1. The number of nitrogens with one attached hydrogen (secondary N) is 1. The molecule has 0 bridgehead atoms. The number of β-lactam (4-membered cyclic amide) rings is 1. The minimum Gasteiger partial charge on any atom is -0.480 e. The first-order valence-corrected chi connectivity index (χ1v) is 9.73. The second-order valence-electron chi connectivity index (χ2n) is 6.51. The van der Waals surface area contributed by atoms with Gasteiger partial charge in [0, 0.05) is 4.75 Å². The zero-order valence-corrected chi connectivity index (χ0v) is 15.0. The Morgan fingerprint density at radius 3 is 2.42 bits per heavy atom. The number of carbonyl (C=O) groups excluding carboxylic acids is 1. The van der Waals surface area contributed by atoms with E-state index in [0.29, 0.717) is 0 Å². The molecule has 3 atom stereocenters. The van der Waals surface area contributed by atoms with Crippen LogP contribution in [-0.4, -0.2) is 52.5 Å². The van der Waals surface area contributed by atoms with Crippen molar-refractivity contribution in [3.8, 4) is 0 Å². The van der Waals surface area contributed by atoms with Crippen molar-refractivity contribution in [2.24, 2.45) is 0 Å². The van der Waals surface area contributed by atoms with Gasteiger partial charge in [-0.05, 0) is 32.9 Å². The lowest BCUT2D eigenvalue weighted by molar-refractivity contribution is -0.159. The van der Waals surface area contributed by atoms with E-state index in [9.17, 15) is 23.1 Å². The summed E-state index contributed by atoms with van der Waals surface area (Å²) < 4.78 is 26.6. The van der Waals surface area contributed by atoms with Gasteiger partial charge in [0.05, 0.1) is 4.90 Å². The first kappa shape index (κ1) is 17.2. The molecule has 2 heterocycles. The van der Waals surface area contributed by atoms with Crippen LogP contribution in [0.3, 0.4) is 0 Å². The van der Waals surface area contributed by atoms with Crippen LogP contribution >= 0.6 is 11.8 Å². The number of nitrogens with zero attached hydrogens (tertiary/aromatic N) is 1. The topological polar surface area (TPSA) is 104 Å². The van der Waals surface area contributed by atoms with Gasteiger partial charge in [0.15, 0.2) is 0 Å². The summed E-state index contributed by atoms with van der Waals surface area (Å²) in [7, 11) is -3.84. The summed E-state index contributed by atoms with van der Waals surface area (Å²) in [6, 6.07) is 4.41. The fourth-order valence-corrected chi connectivity index (χ4v) is 5.98. The van der Waals surface area contributed by atoms with Crippen molar-refractivity contribution in [2.75, 3.05) is 0 Å². The second kappa shape index (κ2) is 5.47. The van der Waals surface area contributed by atoms with E-state index in [4.69, 9.17) is 0 Å². The van der Waals surface area contributed by atoms with Gasteiger partial charge in [-0.1, -0.05) is 17.7 Å². The number of carboxylic acids is 1. The monoisotopic (exact) mass is 370 g/mol. The number of hydrogen-bond acceptors (Lipinski definition) is 5. The van der Waals surface area contributed by atoms with Crippen LogP contribution in [0, 0.1) is 6.92 Å². The Hall–Kier alpha value is -1.58. The van der Waals surface area contributed by atoms with E-state index < -0.39 is 44.1 Å². The van der Waals surface area contributed by atoms with Crippen molar-refractivity contribution in [3.63, 3.8) is 0 Å². The molecule has 0 aliphatic carbocycles. The molecule has 9 heteroatoms. The molecule has 2 N–H and O–H groups in total. The summed E-state index contributed by atoms with van der Waals surface area (Å²) in [6.07, 6.45) is 0. The maximum atomic E-state index is 12.5. The number of fused-ring (bicyclic) bond motifs is 1. The molecule has 1 aromatic carbocycles. The number of carbonyl (C=O) groups is 2. The van der Waals surface area contributed by atoms with Gasteiger partial charge in [-0.25, -0.2) is 13.2 Å². The quantitative estimate of drug-likeness (QED) is 0.760. The molecule has 0 spiro atoms. The summed E-state index contributed by atoms with van der Waals surface area (Å²) in [5.41, 5.74) is 0.928. The Bertz CT molecular complexity index is 804. The molecule has 7 nitrogen and oxygen atoms in total. The number of benzene rings is 1. The fraction of sp³-hybridized carbons (Fsp3) is 0.467. The highest BCUT2D eigenvalue weighted by molar-refractivity contribution is 8.01. The Kier molecular flexibility index (Phi) is 3.93. The average molecular weight is 370 g/mol. The van der Waals surface area contributed by atoms with Crippen LogP contribution in [0.2, 0.25) is 0 Å². The summed E-state index contributed by atoms with van der Waals surface area (Å²) in [6.45, 7) is 5.33. The first-order chi connectivity index (χ1) is 11.0. The minimum absolute atomic E-state index is 0.0800. The molecule has 2 saturated heterocycles. The Morgan fingerprint density at radius 1 is 1.29 bits per heavy atom. The van der Waals surface area contributed by atoms with Crippen molar-refractivity contribution in [3.05, 3.63) is 29.8 Å². The van der Waals surface area contributed by atoms with Crippen molar-refractivity contribution in [1.82, 2.24) is 9.62 Å². The number of amides is 1. The van der Waals surface area contributed by atoms with E-state index in [0.717, 1.165) is 5.56 Å². The van der Waals surface area contributed by atoms with E-state index in [1.54, 1.807) is 26.0 Å². The van der Waals surface area contributed by atoms with Gasteiger partial charge < -0.3 is 10.0 Å². The smallest absolute Gasteiger partial charge is 0.327 e. The highest BCUT2D eigenvalue weighted by atomic mass is 32.2. The molecule has 0 aromatic heterocycles. The molecule has 2 aliphatic heterocycles. The normalized spacial score (nSPS) is 28.4. The van der Waals surface area contributed by atoms with Crippen LogP contribution in [0.1, 0.15) is 19.4 Å². The lowest BCUT2D eigenvalue weighted by atomic mass is 9.96. The van der Waals surface area contributed by atoms with Crippen molar-refractivity contribution in [1.29, 1.82) is 0 Å². The Balaban J connectivity index is 1.82. The van der Waals surface area contributed by atoms with Crippen molar-refractivity contribution >= 4 is 33.7 Å². The van der Waals surface area contributed by atoms with Gasteiger partial charge in [0.2, 0.25) is 15.9 Å². The molecule has 0 saturated carbocycles. The van der Waals surface area contributed by atoms with Crippen LogP contribution in [0.5, 0.6) is 0 Å². The molecule has 1 aromatic rings. The zero-order valence-electron chi connectivity index (χ0n) is 13.4. The second-order valence-corrected chi connectivity index (χ2v) is 10.00. The maximum absolute atomic E-state index is 12.5. The number of hydrogen-bond donors (Lipinski definition) is 2. The minimum atomic E-state index is -3.84. The average Bonchev–Trinajstić information content (AvgIpc) is 2.74. The molecule has 0 radical (unpaired) electrons. The van der Waals surface area contributed by atoms with Gasteiger partial charge in [-0.2, -0.15) is 4.72 Å². The lowest BCUT2D eigenvalue weighted by Gasteiger charge is -2.43. The number of rotatable bonds is 4. The number of sulfonamides is 1. The van der Waals surface area contributed by atoms with Crippen LogP contribution in [0.4, 0.5) is 0 Å². The predicted octanol–water partition coefficient (Wildman–Crippen LogP) is 0.789. The highest BCUT2D eigenvalue weighted by Crippen LogP contribution is 2.50. The summed E-state index contributed by atoms with van der Waals surface area (Å²) >= 11 is 1.30. The Morgan fingerprint density at radius 2 is 1.88 bits per heavy atom. The number of carboxylic acid groups (broad SMARTS) is 1. The van der Waals surface area contributed by atoms with E-state index >= 15 is 0 Å². The van der Waals surface area contributed by atoms with Crippen molar-refractivity contribution in [2.45, 2.75) is 47.9 Å². The van der Waals surface area contributed by atoms with E-state index in [2.05, 4.69) is 4.72 Å². The first-order valence-electron chi connectivity index (χ1n) is 7.36. The lowest BCUT2D eigenvalue weighted by Crippen LogP contribution is -2.70. The summed E-state index contributed by atoms with van der Waals surface area (Å²) in [5, 5.41) is 8.86. The van der Waals surface area contributed by atoms with Crippen LogP contribution in [-0.2, 0) is 19.6 Å². The molecule has 24 heavy (non-hydrogen) atoms. The third-order valence-electron chi connectivity index (χ3n) is 4.29. The zero-order chi connectivity index (χ0) is 17.9. The molecule has 1 amide bonds. The van der Waals surface area contributed by atoms with E-state index in [-0.39, 0.29) is 4.90 Å². The van der Waals surface area contributed by atoms with Crippen LogP contribution in [0.15, 0.2) is 29.2 Å². The molecular weight excluding hydrogens is 352 g/mol. The molecule has 130 valence electrons. The van der Waals surface area contributed by atoms with Gasteiger partial charge in [0.1, 0.15) is 17.5 Å². The van der Waals surface area contributed by atoms with E-state index in [1.165, 1.54) is 28.8 Å². The van der Waals surface area contributed by atoms with Gasteiger partial charge >= 0.3 is 5.97 Å². The van der Waals surface area contributed by atoms with Gasteiger partial charge in [-0.3, -0.25) is 4.79 Å². The van der Waals surface area contributed by atoms with E-state index in [1.807, 2.05) is 6.92 Å². The van der Waals surface area contributed by atoms with Crippen LogP contribution < -0.4 is 4.72 Å². The summed E-state index contributed by atoms with van der Waals surface area (Å²) in [5.74, 6) is -1.58. The van der Waals surface area contributed by atoms with Crippen molar-refractivity contribution < 1.29 is 23.1 Å². The number of thioether (sulfide) groups is 1. The van der Waals surface area contributed by atoms with Gasteiger partial charge in [0.25, 0.3) is 0 Å². The predicted molar refractivity (Wildman–Crippen MR) is 89.0 cm³/mol. The molecule has 3 unspecified atom stereocenters. The summed E-state index contributed by atoms with van der Waals surface area (Å²) in [4.78, 5) is 25.1. The Labute approximate surface area is 144 Å². The molecule has 2 fully saturated rings. The van der Waals surface area contributed by atoms with Crippen LogP contribution in [0.25, 0.3) is 0 Å². The number of aryl methyl sites for hydroxylation is 1. The maximum Gasteiger partial charge on any atom is 0.327 e. The third-order valence-corrected chi connectivity index (χ3v) is 7.32. The molecular formula is C15H18N2O5S2. The fourth-order valence-electron chi connectivity index (χ4n) is 3.07. The third kappa shape index (κ3) is 2.60. The van der Waals surface area contributed by atoms with Gasteiger partial charge in [-0.15, -0.1) is 11.8 Å². The SMILES string of the molecule is Cc1ccc(S(=O)(=O)NC2C(=O)N3C2SC(C)(C)C3C(=O)O)cc1. The molecule has 3 rings (SSSR count).